The minimum absolute atomic E-state index is 0.539. The first kappa shape index (κ1) is 25.1. The van der Waals surface area contributed by atoms with E-state index in [0.29, 0.717) is 17.6 Å². The van der Waals surface area contributed by atoms with E-state index in [0.717, 1.165) is 46.3 Å². The molecule has 0 atom stereocenters. The molecule has 0 spiro atoms. The van der Waals surface area contributed by atoms with Gasteiger partial charge in [-0.15, -0.1) is 0 Å². The minimum Gasteiger partial charge on any atom is -0.388 e. The molecule has 3 aromatic rings. The lowest BCUT2D eigenvalue weighted by molar-refractivity contribution is 0.711. The van der Waals surface area contributed by atoms with Crippen LogP contribution in [0.4, 0.5) is 11.4 Å². The quantitative estimate of drug-likeness (QED) is 0.357. The molecule has 8 nitrogen and oxygen atoms in total. The summed E-state index contributed by atoms with van der Waals surface area (Å²) in [6, 6.07) is 16.6. The molecule has 3 aliphatic rings. The smallest absolute Gasteiger partial charge is 0.241 e. The predicted molar refractivity (Wildman–Crippen MR) is 166 cm³/mol. The van der Waals surface area contributed by atoms with Crippen LogP contribution in [0.25, 0.3) is 5.69 Å². The first-order valence-electron chi connectivity index (χ1n) is 13.3. The van der Waals surface area contributed by atoms with Gasteiger partial charge < -0.3 is 15.2 Å². The summed E-state index contributed by atoms with van der Waals surface area (Å²) in [5, 5.41) is 6.64. The zero-order valence-corrected chi connectivity index (χ0v) is 22.7. The Morgan fingerprint density at radius 1 is 0.825 bits per heavy atom. The molecule has 8 heteroatoms. The summed E-state index contributed by atoms with van der Waals surface area (Å²) in [6.07, 6.45) is 19.0. The summed E-state index contributed by atoms with van der Waals surface area (Å²) in [5.74, 6) is 3.21. The maximum atomic E-state index is 4.93. The SMILES string of the molecule is C/C=C\C=C/Cc1ccc(C2=NC3=NC(c4ccc(-n5cccc5)cc4NC)=NC4=CC=CC(=N2)N43)c(NC)c1. The van der Waals surface area contributed by atoms with Crippen LogP contribution >= 0.6 is 0 Å². The molecule has 0 radical (unpaired) electrons. The Hall–Kier alpha value is -5.24. The van der Waals surface area contributed by atoms with Crippen LogP contribution in [-0.2, 0) is 6.42 Å². The average molecular weight is 527 g/mol. The van der Waals surface area contributed by atoms with Gasteiger partial charge in [0.2, 0.25) is 5.96 Å². The first-order chi connectivity index (χ1) is 19.7. The van der Waals surface area contributed by atoms with Gasteiger partial charge in [-0.2, -0.15) is 9.98 Å². The Balaban J connectivity index is 1.38. The summed E-state index contributed by atoms with van der Waals surface area (Å²) in [5.41, 5.74) is 5.96. The zero-order valence-electron chi connectivity index (χ0n) is 22.7. The third-order valence-electron chi connectivity index (χ3n) is 6.80. The number of nitrogens with one attached hydrogen (secondary N) is 2. The Morgan fingerprint density at radius 3 is 2.35 bits per heavy atom. The Bertz CT molecular complexity index is 1690. The number of rotatable bonds is 8. The molecule has 0 aliphatic carbocycles. The Labute approximate surface area is 233 Å². The minimum atomic E-state index is 0.539. The van der Waals surface area contributed by atoms with Gasteiger partial charge in [-0.1, -0.05) is 36.4 Å². The number of hydrogen-bond acceptors (Lipinski definition) is 7. The van der Waals surface area contributed by atoms with Crippen molar-refractivity contribution in [1.29, 1.82) is 0 Å². The van der Waals surface area contributed by atoms with E-state index in [4.69, 9.17) is 20.0 Å². The molecule has 1 aromatic heterocycles. The van der Waals surface area contributed by atoms with Crippen LogP contribution in [0.5, 0.6) is 0 Å². The molecule has 3 aliphatic heterocycles. The molecule has 0 unspecified atom stereocenters. The highest BCUT2D eigenvalue weighted by Crippen LogP contribution is 2.30. The van der Waals surface area contributed by atoms with E-state index in [2.05, 4.69) is 57.7 Å². The van der Waals surface area contributed by atoms with Gasteiger partial charge in [0.25, 0.3) is 0 Å². The van der Waals surface area contributed by atoms with Crippen LogP contribution in [0.3, 0.4) is 0 Å². The van der Waals surface area contributed by atoms with Crippen molar-refractivity contribution in [2.45, 2.75) is 13.3 Å². The van der Waals surface area contributed by atoms with Crippen molar-refractivity contribution < 1.29 is 0 Å². The molecule has 0 amide bonds. The lowest BCUT2D eigenvalue weighted by atomic mass is 10.0. The van der Waals surface area contributed by atoms with E-state index < -0.39 is 0 Å². The van der Waals surface area contributed by atoms with Crippen LogP contribution in [0.2, 0.25) is 0 Å². The summed E-state index contributed by atoms with van der Waals surface area (Å²) >= 11 is 0. The topological polar surface area (TPSA) is 81.7 Å². The number of allylic oxidation sites excluding steroid dienone is 6. The lowest BCUT2D eigenvalue weighted by Gasteiger charge is -2.31. The highest BCUT2D eigenvalue weighted by atomic mass is 15.4. The van der Waals surface area contributed by atoms with E-state index in [1.54, 1.807) is 0 Å². The van der Waals surface area contributed by atoms with Gasteiger partial charge in [-0.05, 0) is 73.5 Å². The predicted octanol–water partition coefficient (Wildman–Crippen LogP) is 5.92. The number of aliphatic imine (C=N–C) groups is 4. The van der Waals surface area contributed by atoms with Crippen molar-refractivity contribution in [1.82, 2.24) is 9.47 Å². The first-order valence-corrected chi connectivity index (χ1v) is 13.3. The second-order valence-corrected chi connectivity index (χ2v) is 9.33. The van der Waals surface area contributed by atoms with Crippen molar-refractivity contribution in [3.05, 3.63) is 126 Å². The van der Waals surface area contributed by atoms with E-state index in [1.165, 1.54) is 5.56 Å². The summed E-state index contributed by atoms with van der Waals surface area (Å²) in [7, 11) is 3.83. The van der Waals surface area contributed by atoms with Gasteiger partial charge in [-0.3, -0.25) is 0 Å². The normalized spacial score (nSPS) is 15.9. The van der Waals surface area contributed by atoms with E-state index in [9.17, 15) is 0 Å². The van der Waals surface area contributed by atoms with Crippen LogP contribution in [-0.4, -0.2) is 47.0 Å². The lowest BCUT2D eigenvalue weighted by Crippen LogP contribution is -2.41. The molecule has 198 valence electrons. The van der Waals surface area contributed by atoms with Crippen LogP contribution in [0.1, 0.15) is 23.6 Å². The van der Waals surface area contributed by atoms with E-state index in [1.807, 2.05) is 86.9 Å². The van der Waals surface area contributed by atoms with Gasteiger partial charge >= 0.3 is 0 Å². The Morgan fingerprint density at radius 2 is 1.57 bits per heavy atom. The molecule has 0 fully saturated rings. The molecule has 0 bridgehead atoms. The summed E-state index contributed by atoms with van der Waals surface area (Å²) < 4.78 is 2.07. The third-order valence-corrected chi connectivity index (χ3v) is 6.80. The zero-order chi connectivity index (χ0) is 27.5. The van der Waals surface area contributed by atoms with Gasteiger partial charge in [0.15, 0.2) is 11.7 Å². The monoisotopic (exact) mass is 526 g/mol. The number of aromatic nitrogens is 1. The van der Waals surface area contributed by atoms with E-state index in [-0.39, 0.29) is 0 Å². The molecular formula is C32H30N8. The van der Waals surface area contributed by atoms with Gasteiger partial charge in [0.05, 0.1) is 0 Å². The van der Waals surface area contributed by atoms with Crippen LogP contribution < -0.4 is 10.6 Å². The number of amidine groups is 3. The number of guanidine groups is 1. The highest BCUT2D eigenvalue weighted by molar-refractivity contribution is 6.26. The number of benzene rings is 2. The molecule has 40 heavy (non-hydrogen) atoms. The molecule has 6 rings (SSSR count). The molecule has 0 saturated carbocycles. The second-order valence-electron chi connectivity index (χ2n) is 9.33. The number of hydrogen-bond donors (Lipinski definition) is 2. The third kappa shape index (κ3) is 4.71. The maximum Gasteiger partial charge on any atom is 0.241 e. The van der Waals surface area contributed by atoms with Gasteiger partial charge in [0.1, 0.15) is 11.7 Å². The fraction of sp³-hybridized carbons (Fsp3) is 0.125. The largest absolute Gasteiger partial charge is 0.388 e. The molecule has 0 saturated heterocycles. The number of anilines is 2. The summed E-state index contributed by atoms with van der Waals surface area (Å²) in [4.78, 5) is 21.5. The Kier molecular flexibility index (Phi) is 6.80. The molecule has 2 aromatic carbocycles. The standard InChI is InChI=1S/C32H30N8/c1-4-5-6-7-11-22-14-16-24(26(20-22)33-2)30-35-28-12-10-13-29-36-31(38-32(37-30)40(28)29)25-17-15-23(21-27(25)34-3)39-18-8-9-19-39/h4-10,12-21,33-34H,11H2,1-3H3/b5-4-,7-6-. The fourth-order valence-electron chi connectivity index (χ4n) is 4.80. The fourth-order valence-corrected chi connectivity index (χ4v) is 4.80. The molecule has 4 heterocycles. The second kappa shape index (κ2) is 10.9. The van der Waals surface area contributed by atoms with Crippen molar-refractivity contribution in [3.63, 3.8) is 0 Å². The highest BCUT2D eigenvalue weighted by Gasteiger charge is 2.32. The molecule has 2 N–H and O–H groups in total. The maximum absolute atomic E-state index is 4.93. The summed E-state index contributed by atoms with van der Waals surface area (Å²) in [6.45, 7) is 2.01. The average Bonchev–Trinajstić information content (AvgIpc) is 3.54. The molecular weight excluding hydrogens is 496 g/mol. The number of nitrogens with zero attached hydrogens (tertiary/aromatic N) is 6. The van der Waals surface area contributed by atoms with E-state index >= 15 is 0 Å². The van der Waals surface area contributed by atoms with Crippen molar-refractivity contribution >= 4 is 34.8 Å². The van der Waals surface area contributed by atoms with Gasteiger partial charge in [-0.25, -0.2) is 14.9 Å². The van der Waals surface area contributed by atoms with Crippen LogP contribution in [0, 0.1) is 0 Å². The van der Waals surface area contributed by atoms with Crippen molar-refractivity contribution in [2.75, 3.05) is 24.7 Å². The van der Waals surface area contributed by atoms with Crippen molar-refractivity contribution in [3.8, 4) is 5.69 Å². The van der Waals surface area contributed by atoms with Crippen LogP contribution in [0.15, 0.2) is 129 Å². The van der Waals surface area contributed by atoms with Gasteiger partial charge in [0, 0.05) is 54.7 Å². The van der Waals surface area contributed by atoms with Crippen molar-refractivity contribution in [2.24, 2.45) is 20.0 Å².